The molecule has 1 aromatic carbocycles. The van der Waals surface area contributed by atoms with Gasteiger partial charge >= 0.3 is 0 Å². The Balaban J connectivity index is 3.24. The van der Waals surface area contributed by atoms with Gasteiger partial charge in [0.15, 0.2) is 6.21 Å². The van der Waals surface area contributed by atoms with Crippen molar-refractivity contribution in [1.82, 2.24) is 0 Å². The van der Waals surface area contributed by atoms with Gasteiger partial charge in [0.05, 0.1) is 8.07 Å². The Hall–Kier alpha value is -1.09. The first-order valence-corrected chi connectivity index (χ1v) is 8.25. The molecule has 0 aliphatic carbocycles. The number of hydroxylamine groups is 1. The molecule has 76 valence electrons. The second-order valence-corrected chi connectivity index (χ2v) is 9.55. The summed E-state index contributed by atoms with van der Waals surface area (Å²) >= 11 is 0. The van der Waals surface area contributed by atoms with Gasteiger partial charge in [-0.05, 0) is 11.3 Å². The van der Waals surface area contributed by atoms with E-state index in [1.807, 2.05) is 18.2 Å². The van der Waals surface area contributed by atoms with E-state index < -0.39 is 8.07 Å². The van der Waals surface area contributed by atoms with Crippen LogP contribution in [-0.2, 0) is 0 Å². The molecule has 14 heavy (non-hydrogen) atoms. The first-order chi connectivity index (χ1) is 6.41. The van der Waals surface area contributed by atoms with Crippen LogP contribution < -0.4 is 5.19 Å². The maximum absolute atomic E-state index is 11.0. The summed E-state index contributed by atoms with van der Waals surface area (Å²) in [5, 5.41) is 12.3. The van der Waals surface area contributed by atoms with Gasteiger partial charge in [-0.1, -0.05) is 37.8 Å². The molecule has 0 radical (unpaired) electrons. The molecular weight excluding hydrogens is 190 g/mol. The van der Waals surface area contributed by atoms with Crippen molar-refractivity contribution in [2.45, 2.75) is 19.6 Å². The van der Waals surface area contributed by atoms with E-state index in [0.717, 1.165) is 10.3 Å². The zero-order chi connectivity index (χ0) is 10.8. The van der Waals surface area contributed by atoms with Crippen molar-refractivity contribution in [3.8, 4) is 0 Å². The molecule has 0 bridgehead atoms. The van der Waals surface area contributed by atoms with Gasteiger partial charge in [-0.2, -0.15) is 0 Å². The van der Waals surface area contributed by atoms with Gasteiger partial charge in [0.1, 0.15) is 7.05 Å². The third-order valence-electron chi connectivity index (χ3n) is 2.09. The third-order valence-corrected chi connectivity index (χ3v) is 4.16. The van der Waals surface area contributed by atoms with Crippen LogP contribution in [0.5, 0.6) is 0 Å². The molecular formula is C11H17NOSi. The number of nitrogens with zero attached hydrogens (tertiary/aromatic N) is 1. The second kappa shape index (κ2) is 3.96. The maximum atomic E-state index is 11.0. The molecule has 0 amide bonds. The molecule has 0 atom stereocenters. The lowest BCUT2D eigenvalue weighted by Gasteiger charge is -2.18. The van der Waals surface area contributed by atoms with Gasteiger partial charge in [-0.3, -0.25) is 0 Å². The van der Waals surface area contributed by atoms with Crippen molar-refractivity contribution in [2.75, 3.05) is 7.05 Å². The Morgan fingerprint density at radius 2 is 1.79 bits per heavy atom. The molecule has 0 saturated carbocycles. The van der Waals surface area contributed by atoms with Crippen molar-refractivity contribution in [2.24, 2.45) is 0 Å². The largest absolute Gasteiger partial charge is 0.624 e. The van der Waals surface area contributed by atoms with E-state index in [0.29, 0.717) is 0 Å². The second-order valence-electron chi connectivity index (χ2n) is 4.51. The predicted molar refractivity (Wildman–Crippen MR) is 64.1 cm³/mol. The molecule has 3 heteroatoms. The lowest BCUT2D eigenvalue weighted by Crippen LogP contribution is -2.40. The molecule has 0 heterocycles. The van der Waals surface area contributed by atoms with Crippen LogP contribution in [0.2, 0.25) is 19.6 Å². The highest BCUT2D eigenvalue weighted by molar-refractivity contribution is 6.89. The highest BCUT2D eigenvalue weighted by atomic mass is 28.3. The quantitative estimate of drug-likeness (QED) is 0.239. The summed E-state index contributed by atoms with van der Waals surface area (Å²) in [4.78, 5) is 0. The van der Waals surface area contributed by atoms with Crippen LogP contribution in [0.3, 0.4) is 0 Å². The number of benzene rings is 1. The van der Waals surface area contributed by atoms with Crippen molar-refractivity contribution >= 4 is 19.5 Å². The van der Waals surface area contributed by atoms with Crippen LogP contribution in [0.1, 0.15) is 5.56 Å². The van der Waals surface area contributed by atoms with Crippen LogP contribution in [0.4, 0.5) is 0 Å². The van der Waals surface area contributed by atoms with Gasteiger partial charge in [-0.25, -0.2) is 4.74 Å². The molecule has 0 aliphatic heterocycles. The summed E-state index contributed by atoms with van der Waals surface area (Å²) in [5.74, 6) is 0. The summed E-state index contributed by atoms with van der Waals surface area (Å²) in [6.07, 6.45) is 1.65. The third kappa shape index (κ3) is 2.70. The Bertz CT molecular complexity index is 349. The van der Waals surface area contributed by atoms with Gasteiger partial charge in [-0.15, -0.1) is 0 Å². The first-order valence-electron chi connectivity index (χ1n) is 4.75. The predicted octanol–water partition coefficient (Wildman–Crippen LogP) is 1.79. The molecule has 0 unspecified atom stereocenters. The van der Waals surface area contributed by atoms with Crippen molar-refractivity contribution < 1.29 is 4.74 Å². The summed E-state index contributed by atoms with van der Waals surface area (Å²) in [7, 11) is 0.173. The van der Waals surface area contributed by atoms with E-state index in [9.17, 15) is 5.21 Å². The Morgan fingerprint density at radius 3 is 2.29 bits per heavy atom. The zero-order valence-corrected chi connectivity index (χ0v) is 10.2. The van der Waals surface area contributed by atoms with Gasteiger partial charge in [0.2, 0.25) is 0 Å². The molecule has 0 aliphatic rings. The summed E-state index contributed by atoms with van der Waals surface area (Å²) in [5.41, 5.74) is 1.06. The minimum absolute atomic E-state index is 0.860. The molecule has 0 spiro atoms. The monoisotopic (exact) mass is 207 g/mol. The SMILES string of the molecule is C/[N+]([O-])=C/c1ccccc1[Si](C)(C)C. The Kier molecular flexibility index (Phi) is 3.11. The summed E-state index contributed by atoms with van der Waals surface area (Å²) < 4.78 is 0.860. The van der Waals surface area contributed by atoms with Crippen LogP contribution in [0.25, 0.3) is 0 Å². The zero-order valence-electron chi connectivity index (χ0n) is 9.24. The standard InChI is InChI=1S/C11H17NOSi/c1-12(13)9-10-7-5-6-8-11(10)14(2,3)4/h5-9H,1-4H3/b12-9-. The lowest BCUT2D eigenvalue weighted by molar-refractivity contribution is -0.416. The molecule has 0 saturated heterocycles. The minimum atomic E-state index is -1.34. The fourth-order valence-electron chi connectivity index (χ4n) is 1.49. The molecule has 0 fully saturated rings. The fourth-order valence-corrected chi connectivity index (χ4v) is 3.10. The van der Waals surface area contributed by atoms with Gasteiger partial charge < -0.3 is 5.21 Å². The average Bonchev–Trinajstić information content (AvgIpc) is 2.01. The van der Waals surface area contributed by atoms with Gasteiger partial charge in [0.25, 0.3) is 0 Å². The van der Waals surface area contributed by atoms with E-state index in [-0.39, 0.29) is 0 Å². The highest BCUT2D eigenvalue weighted by Gasteiger charge is 2.19. The smallest absolute Gasteiger partial charge is 0.181 e. The molecule has 1 rings (SSSR count). The van der Waals surface area contributed by atoms with Crippen molar-refractivity contribution in [1.29, 1.82) is 0 Å². The Morgan fingerprint density at radius 1 is 1.21 bits per heavy atom. The van der Waals surface area contributed by atoms with Crippen LogP contribution in [-0.4, -0.2) is 26.1 Å². The summed E-state index contributed by atoms with van der Waals surface area (Å²) in [6.45, 7) is 6.85. The molecule has 2 nitrogen and oxygen atoms in total. The first kappa shape index (κ1) is 11.0. The molecule has 0 N–H and O–H groups in total. The van der Waals surface area contributed by atoms with E-state index >= 15 is 0 Å². The average molecular weight is 207 g/mol. The topological polar surface area (TPSA) is 26.1 Å². The van der Waals surface area contributed by atoms with E-state index in [1.165, 1.54) is 12.2 Å². The van der Waals surface area contributed by atoms with Crippen molar-refractivity contribution in [3.63, 3.8) is 0 Å². The van der Waals surface area contributed by atoms with E-state index in [1.54, 1.807) is 6.21 Å². The van der Waals surface area contributed by atoms with Crippen LogP contribution in [0, 0.1) is 5.21 Å². The maximum Gasteiger partial charge on any atom is 0.181 e. The fraction of sp³-hybridized carbons (Fsp3) is 0.364. The minimum Gasteiger partial charge on any atom is -0.624 e. The van der Waals surface area contributed by atoms with Crippen LogP contribution in [0.15, 0.2) is 24.3 Å². The summed E-state index contributed by atoms with van der Waals surface area (Å²) in [6, 6.07) is 8.14. The molecule has 1 aromatic rings. The molecule has 0 aromatic heterocycles. The highest BCUT2D eigenvalue weighted by Crippen LogP contribution is 2.05. The normalized spacial score (nSPS) is 13.0. The Labute approximate surface area is 86.5 Å². The van der Waals surface area contributed by atoms with Gasteiger partial charge in [0, 0.05) is 5.56 Å². The van der Waals surface area contributed by atoms with E-state index in [2.05, 4.69) is 25.7 Å². The number of hydrogen-bond acceptors (Lipinski definition) is 1. The van der Waals surface area contributed by atoms with Crippen LogP contribution >= 0.6 is 0 Å². The van der Waals surface area contributed by atoms with E-state index in [4.69, 9.17) is 0 Å². The van der Waals surface area contributed by atoms with Crippen molar-refractivity contribution in [3.05, 3.63) is 35.0 Å². The number of hydrogen-bond donors (Lipinski definition) is 0. The lowest BCUT2D eigenvalue weighted by atomic mass is 10.2. The number of rotatable bonds is 2.